The SMILES string of the molecule is Cc1cccc(Oc2cccc(Oc3c(F)cccc3F)c2)c1. The zero-order valence-electron chi connectivity index (χ0n) is 12.4. The van der Waals surface area contributed by atoms with E-state index in [2.05, 4.69) is 0 Å². The summed E-state index contributed by atoms with van der Waals surface area (Å²) in [4.78, 5) is 0. The first-order valence-corrected chi connectivity index (χ1v) is 7.08. The van der Waals surface area contributed by atoms with Gasteiger partial charge in [0.2, 0.25) is 0 Å². The predicted octanol–water partition coefficient (Wildman–Crippen LogP) is 5.86. The van der Waals surface area contributed by atoms with E-state index in [9.17, 15) is 8.78 Å². The van der Waals surface area contributed by atoms with E-state index in [0.717, 1.165) is 17.7 Å². The van der Waals surface area contributed by atoms with E-state index in [1.54, 1.807) is 24.3 Å². The van der Waals surface area contributed by atoms with Crippen LogP contribution in [-0.4, -0.2) is 0 Å². The van der Waals surface area contributed by atoms with Gasteiger partial charge in [0.15, 0.2) is 17.4 Å². The van der Waals surface area contributed by atoms with Crippen molar-refractivity contribution in [1.29, 1.82) is 0 Å². The van der Waals surface area contributed by atoms with E-state index >= 15 is 0 Å². The van der Waals surface area contributed by atoms with Crippen molar-refractivity contribution in [3.05, 3.63) is 83.9 Å². The smallest absolute Gasteiger partial charge is 0.198 e. The topological polar surface area (TPSA) is 18.5 Å². The molecule has 0 N–H and O–H groups in total. The van der Waals surface area contributed by atoms with Crippen molar-refractivity contribution in [3.63, 3.8) is 0 Å². The molecule has 3 aromatic rings. The lowest BCUT2D eigenvalue weighted by Gasteiger charge is -2.10. The Morgan fingerprint density at radius 3 is 1.83 bits per heavy atom. The zero-order valence-corrected chi connectivity index (χ0v) is 12.4. The lowest BCUT2D eigenvalue weighted by Crippen LogP contribution is -1.92. The van der Waals surface area contributed by atoms with Crippen molar-refractivity contribution in [1.82, 2.24) is 0 Å². The van der Waals surface area contributed by atoms with E-state index in [1.165, 1.54) is 6.07 Å². The maximum Gasteiger partial charge on any atom is 0.198 e. The Kier molecular flexibility index (Phi) is 4.24. The molecule has 0 radical (unpaired) electrons. The molecule has 3 rings (SSSR count). The van der Waals surface area contributed by atoms with Crippen LogP contribution in [0.1, 0.15) is 5.56 Å². The van der Waals surface area contributed by atoms with Gasteiger partial charge in [0.25, 0.3) is 0 Å². The second-order valence-electron chi connectivity index (χ2n) is 5.05. The van der Waals surface area contributed by atoms with Crippen molar-refractivity contribution >= 4 is 0 Å². The molecule has 116 valence electrons. The molecular weight excluding hydrogens is 298 g/mol. The summed E-state index contributed by atoms with van der Waals surface area (Å²) in [6.45, 7) is 1.97. The van der Waals surface area contributed by atoms with Crippen LogP contribution in [0.3, 0.4) is 0 Å². The highest BCUT2D eigenvalue weighted by atomic mass is 19.1. The molecule has 0 aromatic heterocycles. The zero-order chi connectivity index (χ0) is 16.2. The number of rotatable bonds is 4. The fraction of sp³-hybridized carbons (Fsp3) is 0.0526. The molecule has 0 saturated carbocycles. The molecule has 3 aromatic carbocycles. The van der Waals surface area contributed by atoms with Crippen molar-refractivity contribution < 1.29 is 18.3 Å². The summed E-state index contributed by atoms with van der Waals surface area (Å²) < 4.78 is 38.3. The summed E-state index contributed by atoms with van der Waals surface area (Å²) in [5.41, 5.74) is 1.07. The summed E-state index contributed by atoms with van der Waals surface area (Å²) >= 11 is 0. The van der Waals surface area contributed by atoms with Crippen molar-refractivity contribution in [2.75, 3.05) is 0 Å². The molecule has 23 heavy (non-hydrogen) atoms. The molecule has 0 bridgehead atoms. The van der Waals surface area contributed by atoms with E-state index in [-0.39, 0.29) is 0 Å². The van der Waals surface area contributed by atoms with Gasteiger partial charge in [-0.1, -0.05) is 24.3 Å². The van der Waals surface area contributed by atoms with Gasteiger partial charge >= 0.3 is 0 Å². The normalized spacial score (nSPS) is 10.4. The quantitative estimate of drug-likeness (QED) is 0.601. The third kappa shape index (κ3) is 3.66. The van der Waals surface area contributed by atoms with Gasteiger partial charge in [-0.15, -0.1) is 0 Å². The van der Waals surface area contributed by atoms with Gasteiger partial charge in [0.05, 0.1) is 0 Å². The highest BCUT2D eigenvalue weighted by Crippen LogP contribution is 2.31. The summed E-state index contributed by atoms with van der Waals surface area (Å²) in [5, 5.41) is 0. The standard InChI is InChI=1S/C19H14F2O2/c1-13-5-2-6-14(11-13)22-15-7-3-8-16(12-15)23-19-17(20)9-4-10-18(19)21/h2-12H,1H3. The third-order valence-corrected chi connectivity index (χ3v) is 3.17. The van der Waals surface area contributed by atoms with E-state index in [0.29, 0.717) is 17.2 Å². The maximum absolute atomic E-state index is 13.6. The van der Waals surface area contributed by atoms with Crippen LogP contribution >= 0.6 is 0 Å². The fourth-order valence-corrected chi connectivity index (χ4v) is 2.11. The molecule has 4 heteroatoms. The molecule has 2 nitrogen and oxygen atoms in total. The molecule has 0 spiro atoms. The molecule has 0 aliphatic heterocycles. The predicted molar refractivity (Wildman–Crippen MR) is 84.1 cm³/mol. The molecule has 0 aliphatic carbocycles. The summed E-state index contributed by atoms with van der Waals surface area (Å²) in [7, 11) is 0. The van der Waals surface area contributed by atoms with Crippen molar-refractivity contribution in [2.45, 2.75) is 6.92 Å². The minimum Gasteiger partial charge on any atom is -0.457 e. The van der Waals surface area contributed by atoms with Crippen LogP contribution < -0.4 is 9.47 Å². The third-order valence-electron chi connectivity index (χ3n) is 3.17. The number of aryl methyl sites for hydroxylation is 1. The van der Waals surface area contributed by atoms with Crippen LogP contribution in [-0.2, 0) is 0 Å². The van der Waals surface area contributed by atoms with E-state index < -0.39 is 17.4 Å². The molecule has 0 amide bonds. The largest absolute Gasteiger partial charge is 0.457 e. The molecule has 0 fully saturated rings. The Morgan fingerprint density at radius 2 is 1.17 bits per heavy atom. The average molecular weight is 312 g/mol. The molecule has 0 aliphatic rings. The summed E-state index contributed by atoms with van der Waals surface area (Å²) in [5.74, 6) is -0.451. The second kappa shape index (κ2) is 6.48. The van der Waals surface area contributed by atoms with Crippen LogP contribution in [0.2, 0.25) is 0 Å². The maximum atomic E-state index is 13.6. The highest BCUT2D eigenvalue weighted by Gasteiger charge is 2.11. The Labute approximate surface area is 132 Å². The van der Waals surface area contributed by atoms with Gasteiger partial charge < -0.3 is 9.47 Å². The number of hydrogen-bond donors (Lipinski definition) is 0. The number of para-hydroxylation sites is 1. The van der Waals surface area contributed by atoms with Crippen molar-refractivity contribution in [3.8, 4) is 23.0 Å². The Hall–Kier alpha value is -2.88. The molecule has 0 atom stereocenters. The second-order valence-corrected chi connectivity index (χ2v) is 5.05. The van der Waals surface area contributed by atoms with Gasteiger partial charge in [-0.2, -0.15) is 0 Å². The average Bonchev–Trinajstić information content (AvgIpc) is 2.52. The van der Waals surface area contributed by atoms with Gasteiger partial charge in [-0.3, -0.25) is 0 Å². The number of halogens is 2. The molecular formula is C19H14F2O2. The Bertz CT molecular complexity index is 811. The lowest BCUT2D eigenvalue weighted by molar-refractivity contribution is 0.404. The van der Waals surface area contributed by atoms with Crippen molar-refractivity contribution in [2.24, 2.45) is 0 Å². The number of benzene rings is 3. The first-order valence-electron chi connectivity index (χ1n) is 7.08. The minimum absolute atomic E-state index is 0.291. The monoisotopic (exact) mass is 312 g/mol. The van der Waals surface area contributed by atoms with Gasteiger partial charge in [0, 0.05) is 6.07 Å². The molecule has 0 heterocycles. The molecule has 0 saturated heterocycles. The first kappa shape index (κ1) is 15.0. The van der Waals surface area contributed by atoms with E-state index in [4.69, 9.17) is 9.47 Å². The van der Waals surface area contributed by atoms with Crippen LogP contribution in [0, 0.1) is 18.6 Å². The summed E-state index contributed by atoms with van der Waals surface area (Å²) in [6.07, 6.45) is 0. The van der Waals surface area contributed by atoms with Crippen LogP contribution in [0.15, 0.2) is 66.7 Å². The fourth-order valence-electron chi connectivity index (χ4n) is 2.11. The number of ether oxygens (including phenoxy) is 2. The van der Waals surface area contributed by atoms with E-state index in [1.807, 2.05) is 31.2 Å². The Morgan fingerprint density at radius 1 is 0.652 bits per heavy atom. The van der Waals surface area contributed by atoms with Gasteiger partial charge in [-0.25, -0.2) is 8.78 Å². The van der Waals surface area contributed by atoms with Gasteiger partial charge in [0.1, 0.15) is 17.2 Å². The van der Waals surface area contributed by atoms with Crippen LogP contribution in [0.25, 0.3) is 0 Å². The lowest BCUT2D eigenvalue weighted by atomic mass is 10.2. The van der Waals surface area contributed by atoms with Crippen LogP contribution in [0.4, 0.5) is 8.78 Å². The van der Waals surface area contributed by atoms with Crippen LogP contribution in [0.5, 0.6) is 23.0 Å². The molecule has 0 unspecified atom stereocenters. The first-order chi connectivity index (χ1) is 11.1. The highest BCUT2D eigenvalue weighted by molar-refractivity contribution is 5.40. The Balaban J connectivity index is 1.83. The van der Waals surface area contributed by atoms with Gasteiger partial charge in [-0.05, 0) is 48.9 Å². The minimum atomic E-state index is -0.755. The number of hydrogen-bond acceptors (Lipinski definition) is 2. The summed E-state index contributed by atoms with van der Waals surface area (Å²) in [6, 6.07) is 17.8.